The summed E-state index contributed by atoms with van der Waals surface area (Å²) in [6.45, 7) is 5.34. The van der Waals surface area contributed by atoms with Crippen LogP contribution in [0.2, 0.25) is 0 Å². The first-order valence-corrected chi connectivity index (χ1v) is 7.33. The van der Waals surface area contributed by atoms with Gasteiger partial charge in [-0.1, -0.05) is 18.2 Å². The number of rotatable bonds is 6. The van der Waals surface area contributed by atoms with Crippen molar-refractivity contribution in [2.75, 3.05) is 6.54 Å². The van der Waals surface area contributed by atoms with Gasteiger partial charge in [-0.15, -0.1) is 0 Å². The van der Waals surface area contributed by atoms with Gasteiger partial charge in [0.25, 0.3) is 0 Å². The number of nitrogens with one attached hydrogen (secondary N) is 1. The van der Waals surface area contributed by atoms with Crippen LogP contribution in [0.4, 0.5) is 4.79 Å². The van der Waals surface area contributed by atoms with E-state index in [4.69, 9.17) is 10.5 Å². The minimum absolute atomic E-state index is 0.0908. The topological polar surface area (TPSA) is 122 Å². The summed E-state index contributed by atoms with van der Waals surface area (Å²) in [5.41, 5.74) is 5.04. The lowest BCUT2D eigenvalue weighted by molar-refractivity contribution is 0.0119. The zero-order chi connectivity index (χ0) is 17.6. The number of nitrogens with two attached hydrogens (primary N) is 1. The molecule has 0 aromatic heterocycles. The van der Waals surface area contributed by atoms with Gasteiger partial charge in [0, 0.05) is 12.1 Å². The lowest BCUT2D eigenvalue weighted by Crippen LogP contribution is -2.34. The number of alkyl carbamates (subject to hydrolysis) is 1. The molecule has 0 saturated heterocycles. The van der Waals surface area contributed by atoms with Crippen molar-refractivity contribution in [1.29, 1.82) is 0 Å². The molecule has 2 atom stereocenters. The summed E-state index contributed by atoms with van der Waals surface area (Å²) in [5, 5.41) is 22.7. The molecule has 0 bridgehead atoms. The monoisotopic (exact) mass is 324 g/mol. The second-order valence-corrected chi connectivity index (χ2v) is 6.18. The first-order valence-electron chi connectivity index (χ1n) is 7.33. The molecule has 2 amide bonds. The predicted octanol–water partition coefficient (Wildman–Crippen LogP) is 1.09. The minimum Gasteiger partial charge on any atom is -0.444 e. The molecular formula is C16H24N2O5. The fourth-order valence-corrected chi connectivity index (χ4v) is 1.98. The fraction of sp³-hybridized carbons (Fsp3) is 0.500. The minimum atomic E-state index is -1.28. The molecule has 0 aliphatic rings. The molecule has 7 heteroatoms. The smallest absolute Gasteiger partial charge is 0.407 e. The second kappa shape index (κ2) is 7.94. The van der Waals surface area contributed by atoms with E-state index < -0.39 is 29.8 Å². The van der Waals surface area contributed by atoms with E-state index in [1.807, 2.05) is 0 Å². The van der Waals surface area contributed by atoms with E-state index in [1.165, 1.54) is 12.1 Å². The molecule has 7 nitrogen and oxygen atoms in total. The van der Waals surface area contributed by atoms with Crippen molar-refractivity contribution in [3.63, 3.8) is 0 Å². The molecule has 1 aromatic carbocycles. The number of amides is 2. The van der Waals surface area contributed by atoms with Crippen LogP contribution in [0.5, 0.6) is 0 Å². The number of ether oxygens (including phenoxy) is 1. The summed E-state index contributed by atoms with van der Waals surface area (Å²) in [4.78, 5) is 22.8. The van der Waals surface area contributed by atoms with Crippen molar-refractivity contribution in [2.24, 2.45) is 5.73 Å². The van der Waals surface area contributed by atoms with E-state index in [-0.39, 0.29) is 24.1 Å². The van der Waals surface area contributed by atoms with Crippen LogP contribution in [-0.2, 0) is 4.74 Å². The largest absolute Gasteiger partial charge is 0.444 e. The SMILES string of the molecule is CC(C)(C)OC(=O)NCCC(O)C(O)c1ccccc1C(N)=O. The third-order valence-corrected chi connectivity index (χ3v) is 3.02. The molecule has 0 spiro atoms. The molecule has 2 unspecified atom stereocenters. The molecule has 0 radical (unpaired) electrons. The Balaban J connectivity index is 2.57. The number of benzene rings is 1. The number of carbonyl (C=O) groups excluding carboxylic acids is 2. The Kier molecular flexibility index (Phi) is 6.53. The van der Waals surface area contributed by atoms with Crippen LogP contribution in [0.1, 0.15) is 49.2 Å². The Labute approximate surface area is 135 Å². The highest BCUT2D eigenvalue weighted by atomic mass is 16.6. The second-order valence-electron chi connectivity index (χ2n) is 6.18. The molecule has 128 valence electrons. The molecule has 0 fully saturated rings. The van der Waals surface area contributed by atoms with Crippen LogP contribution >= 0.6 is 0 Å². The Morgan fingerprint density at radius 1 is 1.26 bits per heavy atom. The third kappa shape index (κ3) is 6.25. The summed E-state index contributed by atoms with van der Waals surface area (Å²) >= 11 is 0. The zero-order valence-corrected chi connectivity index (χ0v) is 13.6. The Morgan fingerprint density at radius 2 is 1.87 bits per heavy atom. The summed E-state index contributed by atoms with van der Waals surface area (Å²) in [7, 11) is 0. The van der Waals surface area contributed by atoms with Crippen LogP contribution in [-0.4, -0.2) is 40.5 Å². The highest BCUT2D eigenvalue weighted by Crippen LogP contribution is 2.22. The van der Waals surface area contributed by atoms with E-state index in [0.717, 1.165) is 0 Å². The lowest BCUT2D eigenvalue weighted by Gasteiger charge is -2.22. The van der Waals surface area contributed by atoms with Crippen LogP contribution in [0.25, 0.3) is 0 Å². The van der Waals surface area contributed by atoms with Crippen molar-refractivity contribution in [3.8, 4) is 0 Å². The third-order valence-electron chi connectivity index (χ3n) is 3.02. The Hall–Kier alpha value is -2.12. The van der Waals surface area contributed by atoms with Gasteiger partial charge in [0.1, 0.15) is 11.7 Å². The summed E-state index contributed by atoms with van der Waals surface area (Å²) < 4.78 is 5.06. The van der Waals surface area contributed by atoms with Gasteiger partial charge in [-0.3, -0.25) is 4.79 Å². The van der Waals surface area contributed by atoms with Crippen LogP contribution in [0.3, 0.4) is 0 Å². The Morgan fingerprint density at radius 3 is 2.43 bits per heavy atom. The normalized spacial score (nSPS) is 14.0. The average Bonchev–Trinajstić information content (AvgIpc) is 2.44. The van der Waals surface area contributed by atoms with Gasteiger partial charge in [0.05, 0.1) is 6.10 Å². The highest BCUT2D eigenvalue weighted by Gasteiger charge is 2.23. The van der Waals surface area contributed by atoms with Crippen molar-refractivity contribution >= 4 is 12.0 Å². The quantitative estimate of drug-likeness (QED) is 0.624. The summed E-state index contributed by atoms with van der Waals surface area (Å²) in [6.07, 6.45) is -2.95. The van der Waals surface area contributed by atoms with Gasteiger partial charge in [-0.25, -0.2) is 4.79 Å². The number of aliphatic hydroxyl groups is 2. The molecule has 0 aliphatic carbocycles. The van der Waals surface area contributed by atoms with Gasteiger partial charge < -0.3 is 26.0 Å². The molecule has 0 aliphatic heterocycles. The molecule has 1 rings (SSSR count). The van der Waals surface area contributed by atoms with Crippen molar-refractivity contribution in [3.05, 3.63) is 35.4 Å². The number of carbonyl (C=O) groups is 2. The summed E-state index contributed by atoms with van der Waals surface area (Å²) in [6, 6.07) is 6.26. The van der Waals surface area contributed by atoms with Gasteiger partial charge in [-0.2, -0.15) is 0 Å². The number of hydrogen-bond acceptors (Lipinski definition) is 5. The molecule has 5 N–H and O–H groups in total. The lowest BCUT2D eigenvalue weighted by atomic mass is 9.97. The van der Waals surface area contributed by atoms with Gasteiger partial charge >= 0.3 is 6.09 Å². The van der Waals surface area contributed by atoms with Gasteiger partial charge in [0.2, 0.25) is 5.91 Å². The van der Waals surface area contributed by atoms with Gasteiger partial charge in [0.15, 0.2) is 0 Å². The van der Waals surface area contributed by atoms with Crippen LogP contribution in [0, 0.1) is 0 Å². The highest BCUT2D eigenvalue weighted by molar-refractivity contribution is 5.94. The summed E-state index contributed by atoms with van der Waals surface area (Å²) in [5.74, 6) is -0.682. The maximum atomic E-state index is 11.5. The van der Waals surface area contributed by atoms with Crippen molar-refractivity contribution in [1.82, 2.24) is 5.32 Å². The number of hydrogen-bond donors (Lipinski definition) is 4. The average molecular weight is 324 g/mol. The van der Waals surface area contributed by atoms with E-state index in [2.05, 4.69) is 5.32 Å². The van der Waals surface area contributed by atoms with E-state index in [0.29, 0.717) is 0 Å². The van der Waals surface area contributed by atoms with Crippen molar-refractivity contribution in [2.45, 2.75) is 45.0 Å². The van der Waals surface area contributed by atoms with Crippen LogP contribution in [0.15, 0.2) is 24.3 Å². The van der Waals surface area contributed by atoms with Gasteiger partial charge in [-0.05, 0) is 38.8 Å². The van der Waals surface area contributed by atoms with Crippen LogP contribution < -0.4 is 11.1 Å². The fourth-order valence-electron chi connectivity index (χ4n) is 1.98. The molecular weight excluding hydrogens is 300 g/mol. The number of aliphatic hydroxyl groups excluding tert-OH is 2. The predicted molar refractivity (Wildman–Crippen MR) is 84.8 cm³/mol. The number of primary amides is 1. The molecule has 1 aromatic rings. The van der Waals surface area contributed by atoms with E-state index >= 15 is 0 Å². The molecule has 23 heavy (non-hydrogen) atoms. The molecule has 0 saturated carbocycles. The van der Waals surface area contributed by atoms with E-state index in [9.17, 15) is 19.8 Å². The standard InChI is InChI=1S/C16H24N2O5/c1-16(2,3)23-15(22)18-9-8-12(19)13(20)10-6-4-5-7-11(10)14(17)21/h4-7,12-13,19-20H,8-9H2,1-3H3,(H2,17,21)(H,18,22). The maximum Gasteiger partial charge on any atom is 0.407 e. The Bertz CT molecular complexity index is 554. The zero-order valence-electron chi connectivity index (χ0n) is 13.6. The first kappa shape index (κ1) is 18.9. The first-order chi connectivity index (χ1) is 10.6. The molecule has 0 heterocycles. The van der Waals surface area contributed by atoms with E-state index in [1.54, 1.807) is 32.9 Å². The maximum absolute atomic E-state index is 11.5. The van der Waals surface area contributed by atoms with Crippen molar-refractivity contribution < 1.29 is 24.5 Å².